The lowest BCUT2D eigenvalue weighted by Crippen LogP contribution is -2.36. The van der Waals surface area contributed by atoms with Crippen LogP contribution in [0, 0.1) is 11.3 Å². The normalized spacial score (nSPS) is 14.5. The number of esters is 1. The summed E-state index contributed by atoms with van der Waals surface area (Å²) >= 11 is 1.43. The summed E-state index contributed by atoms with van der Waals surface area (Å²) in [6.07, 6.45) is 1.74. The number of hydrogen-bond acceptors (Lipinski definition) is 7. The lowest BCUT2D eigenvalue weighted by Gasteiger charge is -2.23. The van der Waals surface area contributed by atoms with Crippen molar-refractivity contribution in [1.29, 1.82) is 5.26 Å². The van der Waals surface area contributed by atoms with Crippen LogP contribution >= 0.6 is 11.3 Å². The van der Waals surface area contributed by atoms with Gasteiger partial charge in [0.05, 0.1) is 30.3 Å². The lowest BCUT2D eigenvalue weighted by atomic mass is 10.2. The molecule has 1 aromatic heterocycles. The molecule has 1 aliphatic heterocycles. The summed E-state index contributed by atoms with van der Waals surface area (Å²) in [7, 11) is 0. The number of thiophene rings is 1. The first-order valence-corrected chi connectivity index (χ1v) is 11.4. The molecule has 2 heterocycles. The summed E-state index contributed by atoms with van der Waals surface area (Å²) in [4.78, 5) is 30.4. The topological polar surface area (TPSA) is 85.7 Å². The highest BCUT2D eigenvalue weighted by atomic mass is 32.1. The molecule has 1 aliphatic rings. The number of nitrogens with zero attached hydrogens (tertiary/aromatic N) is 3. The number of ether oxygens (including phenoxy) is 1. The minimum absolute atomic E-state index is 0.123. The highest BCUT2D eigenvalue weighted by Crippen LogP contribution is 2.29. The zero-order valence-electron chi connectivity index (χ0n) is 18.0. The van der Waals surface area contributed by atoms with E-state index in [0.29, 0.717) is 22.7 Å². The zero-order chi connectivity index (χ0) is 22.2. The Bertz CT molecular complexity index is 949. The molecule has 0 aliphatic carbocycles. The Kier molecular flexibility index (Phi) is 8.04. The number of nitrogens with one attached hydrogen (secondary N) is 1. The summed E-state index contributed by atoms with van der Waals surface area (Å²) < 4.78 is 5.13. The Balaban J connectivity index is 1.58. The minimum Gasteiger partial charge on any atom is -0.462 e. The Morgan fingerprint density at radius 3 is 2.61 bits per heavy atom. The third-order valence-corrected chi connectivity index (χ3v) is 6.39. The number of carbonyl (C=O) groups excluding carboxylic acids is 2. The van der Waals surface area contributed by atoms with Gasteiger partial charge in [-0.3, -0.25) is 9.69 Å². The molecule has 0 unspecified atom stereocenters. The van der Waals surface area contributed by atoms with E-state index in [4.69, 9.17) is 10.00 Å². The first-order chi connectivity index (χ1) is 15.0. The van der Waals surface area contributed by atoms with Gasteiger partial charge in [0, 0.05) is 36.7 Å². The number of rotatable bonds is 7. The molecule has 0 saturated carbocycles. The van der Waals surface area contributed by atoms with Crippen molar-refractivity contribution in [2.24, 2.45) is 0 Å². The fourth-order valence-corrected chi connectivity index (χ4v) is 4.57. The van der Waals surface area contributed by atoms with Gasteiger partial charge in [-0.15, -0.1) is 11.3 Å². The van der Waals surface area contributed by atoms with Crippen molar-refractivity contribution in [3.63, 3.8) is 0 Å². The molecular formula is C23H28N4O3S. The summed E-state index contributed by atoms with van der Waals surface area (Å²) in [5, 5.41) is 12.4. The maximum atomic E-state index is 12.7. The summed E-state index contributed by atoms with van der Waals surface area (Å²) in [5.74, 6) is -0.525. The second-order valence-corrected chi connectivity index (χ2v) is 8.49. The van der Waals surface area contributed by atoms with Crippen molar-refractivity contribution in [3.05, 3.63) is 46.3 Å². The van der Waals surface area contributed by atoms with E-state index >= 15 is 0 Å². The van der Waals surface area contributed by atoms with Gasteiger partial charge in [-0.1, -0.05) is 6.92 Å². The molecule has 31 heavy (non-hydrogen) atoms. The van der Waals surface area contributed by atoms with E-state index in [2.05, 4.69) is 21.2 Å². The largest absolute Gasteiger partial charge is 0.462 e. The Labute approximate surface area is 187 Å². The number of benzene rings is 1. The van der Waals surface area contributed by atoms with Crippen LogP contribution in [0.25, 0.3) is 0 Å². The number of amides is 1. The number of nitriles is 1. The maximum absolute atomic E-state index is 12.7. The molecule has 1 saturated heterocycles. The van der Waals surface area contributed by atoms with E-state index in [-0.39, 0.29) is 12.5 Å². The van der Waals surface area contributed by atoms with E-state index in [9.17, 15) is 9.59 Å². The summed E-state index contributed by atoms with van der Waals surface area (Å²) in [5.41, 5.74) is 2.17. The van der Waals surface area contributed by atoms with Gasteiger partial charge >= 0.3 is 5.97 Å². The van der Waals surface area contributed by atoms with E-state index < -0.39 is 5.97 Å². The molecule has 0 radical (unpaired) electrons. The quantitative estimate of drug-likeness (QED) is 0.663. The van der Waals surface area contributed by atoms with Gasteiger partial charge in [0.2, 0.25) is 5.91 Å². The molecular weight excluding hydrogens is 412 g/mol. The van der Waals surface area contributed by atoms with Gasteiger partial charge in [-0.25, -0.2) is 4.79 Å². The Morgan fingerprint density at radius 2 is 1.94 bits per heavy atom. The number of anilines is 2. The Morgan fingerprint density at radius 1 is 1.16 bits per heavy atom. The molecule has 0 spiro atoms. The first kappa shape index (κ1) is 22.8. The fourth-order valence-electron chi connectivity index (χ4n) is 3.57. The van der Waals surface area contributed by atoms with Crippen LogP contribution in [0.15, 0.2) is 30.3 Å². The molecule has 164 valence electrons. The van der Waals surface area contributed by atoms with Crippen molar-refractivity contribution >= 4 is 33.9 Å². The second kappa shape index (κ2) is 10.9. The predicted octanol–water partition coefficient (Wildman–Crippen LogP) is 3.51. The molecule has 0 atom stereocenters. The molecule has 2 aromatic rings. The molecule has 1 fully saturated rings. The van der Waals surface area contributed by atoms with Crippen molar-refractivity contribution in [1.82, 2.24) is 4.90 Å². The molecule has 1 N–H and O–H groups in total. The van der Waals surface area contributed by atoms with E-state index in [0.717, 1.165) is 49.6 Å². The van der Waals surface area contributed by atoms with E-state index in [1.165, 1.54) is 11.3 Å². The van der Waals surface area contributed by atoms with Crippen LogP contribution in [-0.2, 0) is 16.0 Å². The van der Waals surface area contributed by atoms with Crippen molar-refractivity contribution < 1.29 is 14.3 Å². The molecule has 1 amide bonds. The van der Waals surface area contributed by atoms with Crippen LogP contribution in [0.5, 0.6) is 0 Å². The lowest BCUT2D eigenvalue weighted by molar-refractivity contribution is -0.117. The van der Waals surface area contributed by atoms with Gasteiger partial charge in [-0.2, -0.15) is 5.26 Å². The standard InChI is InChI=1S/C23H28N4O3S/c1-3-19-14-20(23(29)30-4-2)22(31-19)25-21(28)16-26-10-5-11-27(13-12-26)18-8-6-17(15-24)7-9-18/h6-9,14H,3-5,10-13,16H2,1-2H3,(H,25,28). The molecule has 7 nitrogen and oxygen atoms in total. The van der Waals surface area contributed by atoms with Crippen LogP contribution in [0.1, 0.15) is 41.1 Å². The van der Waals surface area contributed by atoms with Crippen LogP contribution in [0.2, 0.25) is 0 Å². The van der Waals surface area contributed by atoms with Gasteiger partial charge in [0.1, 0.15) is 5.00 Å². The van der Waals surface area contributed by atoms with Gasteiger partial charge in [-0.05, 0) is 50.1 Å². The number of hydrogen-bond donors (Lipinski definition) is 1. The molecule has 3 rings (SSSR count). The third-order valence-electron chi connectivity index (χ3n) is 5.20. The van der Waals surface area contributed by atoms with Crippen LogP contribution in [0.3, 0.4) is 0 Å². The third kappa shape index (κ3) is 6.06. The number of aryl methyl sites for hydroxylation is 1. The zero-order valence-corrected chi connectivity index (χ0v) is 18.8. The summed E-state index contributed by atoms with van der Waals surface area (Å²) in [6.45, 7) is 7.68. The molecule has 1 aromatic carbocycles. The van der Waals surface area contributed by atoms with Crippen molar-refractivity contribution in [2.45, 2.75) is 26.7 Å². The average Bonchev–Trinajstić information content (AvgIpc) is 3.04. The maximum Gasteiger partial charge on any atom is 0.341 e. The van der Waals surface area contributed by atoms with Gasteiger partial charge < -0.3 is 15.0 Å². The summed E-state index contributed by atoms with van der Waals surface area (Å²) in [6, 6.07) is 11.6. The molecule has 8 heteroatoms. The van der Waals surface area contributed by atoms with E-state index in [1.54, 1.807) is 13.0 Å². The van der Waals surface area contributed by atoms with Gasteiger partial charge in [0.25, 0.3) is 0 Å². The fraction of sp³-hybridized carbons (Fsp3) is 0.435. The van der Waals surface area contributed by atoms with Crippen LogP contribution in [-0.4, -0.2) is 56.1 Å². The minimum atomic E-state index is -0.401. The van der Waals surface area contributed by atoms with Crippen molar-refractivity contribution in [2.75, 3.05) is 49.5 Å². The van der Waals surface area contributed by atoms with Gasteiger partial charge in [0.15, 0.2) is 0 Å². The smallest absolute Gasteiger partial charge is 0.341 e. The average molecular weight is 441 g/mol. The van der Waals surface area contributed by atoms with Crippen LogP contribution < -0.4 is 10.2 Å². The van der Waals surface area contributed by atoms with E-state index in [1.807, 2.05) is 31.2 Å². The second-order valence-electron chi connectivity index (χ2n) is 7.35. The Hall–Kier alpha value is -2.89. The highest BCUT2D eigenvalue weighted by Gasteiger charge is 2.21. The first-order valence-electron chi connectivity index (χ1n) is 10.6. The predicted molar refractivity (Wildman–Crippen MR) is 123 cm³/mol. The number of carbonyl (C=O) groups is 2. The SMILES string of the molecule is CCOC(=O)c1cc(CC)sc1NC(=O)CN1CCCN(c2ccc(C#N)cc2)CC1. The highest BCUT2D eigenvalue weighted by molar-refractivity contribution is 7.16. The van der Waals surface area contributed by atoms with Crippen molar-refractivity contribution in [3.8, 4) is 6.07 Å². The molecule has 0 bridgehead atoms. The van der Waals surface area contributed by atoms with Crippen LogP contribution in [0.4, 0.5) is 10.7 Å². The monoisotopic (exact) mass is 440 g/mol.